The van der Waals surface area contributed by atoms with Crippen LogP contribution in [0.1, 0.15) is 0 Å². The minimum absolute atomic E-state index is 0. The molecule has 50 valence electrons. The lowest BCUT2D eigenvalue weighted by Crippen LogP contribution is -1.97. The highest BCUT2D eigenvalue weighted by molar-refractivity contribution is 5.85. The van der Waals surface area contributed by atoms with Crippen molar-refractivity contribution in [3.05, 3.63) is 29.7 Å². The number of hydrogen-bond donors (Lipinski definition) is 0. The summed E-state index contributed by atoms with van der Waals surface area (Å²) in [5.74, 6) is 0. The molecule has 1 aliphatic heterocycles. The molecule has 0 aliphatic carbocycles. The lowest BCUT2D eigenvalue weighted by molar-refractivity contribution is -0.717. The number of halogens is 1. The second-order valence-electron chi connectivity index (χ2n) is 1.25. The molecule has 0 saturated heterocycles. The zero-order valence-electron chi connectivity index (χ0n) is 4.56. The molecule has 0 unspecified atom stereocenters. The van der Waals surface area contributed by atoms with Gasteiger partial charge in [-0.05, 0) is 6.08 Å². The molecule has 0 radical (unpaired) electrons. The molecule has 0 aromatic rings. The molecule has 1 heterocycles. The maximum Gasteiger partial charge on any atom is 0.233 e. The Hall–Kier alpha value is -0.960. The average molecular weight is 148 g/mol. The van der Waals surface area contributed by atoms with Gasteiger partial charge in [0.25, 0.3) is 0 Å². The topological polar surface area (TPSA) is 35.3 Å². The smallest absolute Gasteiger partial charge is 0.233 e. The summed E-state index contributed by atoms with van der Waals surface area (Å²) in [6.45, 7) is 0. The van der Waals surface area contributed by atoms with Crippen molar-refractivity contribution in [2.75, 3.05) is 0 Å². The van der Waals surface area contributed by atoms with Crippen molar-refractivity contribution in [3.8, 4) is 0 Å². The predicted molar refractivity (Wildman–Crippen MR) is 36.3 cm³/mol. The Morgan fingerprint density at radius 3 is 2.78 bits per heavy atom. The molecule has 1 rings (SSSR count). The van der Waals surface area contributed by atoms with Crippen LogP contribution in [0.3, 0.4) is 0 Å². The summed E-state index contributed by atoms with van der Waals surface area (Å²) in [6, 6.07) is 0. The SMILES string of the molecule is Cl.[O-][N+]1=CC=CC=CO1. The van der Waals surface area contributed by atoms with Gasteiger partial charge in [0.15, 0.2) is 0 Å². The summed E-state index contributed by atoms with van der Waals surface area (Å²) >= 11 is 0. The van der Waals surface area contributed by atoms with Gasteiger partial charge in [-0.15, -0.1) is 12.4 Å². The van der Waals surface area contributed by atoms with Crippen LogP contribution in [0, 0.1) is 5.21 Å². The van der Waals surface area contributed by atoms with Gasteiger partial charge in [-0.2, -0.15) is 0 Å². The number of nitrogens with zero attached hydrogens (tertiary/aromatic N) is 1. The molecule has 9 heavy (non-hydrogen) atoms. The van der Waals surface area contributed by atoms with E-state index in [9.17, 15) is 5.21 Å². The van der Waals surface area contributed by atoms with E-state index in [2.05, 4.69) is 4.84 Å². The molecular formula is C5H6ClNO2. The highest BCUT2D eigenvalue weighted by Gasteiger charge is 1.84. The third-order valence-electron chi connectivity index (χ3n) is 0.673. The van der Waals surface area contributed by atoms with E-state index in [1.54, 1.807) is 18.2 Å². The Labute approximate surface area is 58.9 Å². The maximum absolute atomic E-state index is 10.2. The largest absolute Gasteiger partial charge is 0.375 e. The van der Waals surface area contributed by atoms with Crippen LogP contribution in [0.2, 0.25) is 0 Å². The summed E-state index contributed by atoms with van der Waals surface area (Å²) in [5, 5.41) is 10.2. The quantitative estimate of drug-likeness (QED) is 0.480. The first-order valence-corrected chi connectivity index (χ1v) is 2.19. The first-order valence-electron chi connectivity index (χ1n) is 2.19. The maximum atomic E-state index is 10.2. The summed E-state index contributed by atoms with van der Waals surface area (Å²) in [4.78, 5) is 4.76. The van der Waals surface area contributed by atoms with Gasteiger partial charge in [0, 0.05) is 17.2 Å². The predicted octanol–water partition coefficient (Wildman–Crippen LogP) is 1.00. The molecule has 0 aromatic carbocycles. The van der Waals surface area contributed by atoms with Crippen molar-refractivity contribution in [2.24, 2.45) is 0 Å². The first kappa shape index (κ1) is 8.04. The Bertz CT molecular complexity index is 162. The van der Waals surface area contributed by atoms with Gasteiger partial charge in [-0.1, -0.05) is 6.08 Å². The Morgan fingerprint density at radius 1 is 1.22 bits per heavy atom. The van der Waals surface area contributed by atoms with Crippen molar-refractivity contribution < 1.29 is 9.74 Å². The van der Waals surface area contributed by atoms with Crippen molar-refractivity contribution >= 4 is 18.6 Å². The minimum atomic E-state index is 0. The molecule has 0 fully saturated rings. The van der Waals surface area contributed by atoms with E-state index in [0.29, 0.717) is 4.90 Å². The second-order valence-corrected chi connectivity index (χ2v) is 1.25. The Morgan fingerprint density at radius 2 is 2.00 bits per heavy atom. The third kappa shape index (κ3) is 2.77. The monoisotopic (exact) mass is 147 g/mol. The van der Waals surface area contributed by atoms with E-state index < -0.39 is 0 Å². The van der Waals surface area contributed by atoms with E-state index in [1.165, 1.54) is 12.5 Å². The van der Waals surface area contributed by atoms with Crippen LogP contribution in [0.25, 0.3) is 0 Å². The van der Waals surface area contributed by atoms with Crippen LogP contribution in [0.5, 0.6) is 0 Å². The van der Waals surface area contributed by atoms with Crippen molar-refractivity contribution in [1.82, 2.24) is 0 Å². The van der Waals surface area contributed by atoms with Gasteiger partial charge in [0.05, 0.1) is 0 Å². The van der Waals surface area contributed by atoms with Gasteiger partial charge in [-0.3, -0.25) is 5.21 Å². The molecule has 3 nitrogen and oxygen atoms in total. The standard InChI is InChI=1S/C5H5NO2.ClH/c7-6-4-2-1-3-5-8-6;/h1-5H;1H. The van der Waals surface area contributed by atoms with Crippen LogP contribution < -0.4 is 0 Å². The molecule has 1 aliphatic rings. The minimum Gasteiger partial charge on any atom is -0.375 e. The number of allylic oxidation sites excluding steroid dienone is 3. The molecule has 0 atom stereocenters. The first-order chi connectivity index (χ1) is 3.89. The summed E-state index contributed by atoms with van der Waals surface area (Å²) in [7, 11) is 0. The molecular weight excluding hydrogens is 142 g/mol. The molecule has 0 bridgehead atoms. The van der Waals surface area contributed by atoms with Crippen LogP contribution >= 0.6 is 12.4 Å². The molecule has 0 aromatic heterocycles. The second kappa shape index (κ2) is 3.97. The van der Waals surface area contributed by atoms with Crippen molar-refractivity contribution in [1.29, 1.82) is 0 Å². The van der Waals surface area contributed by atoms with Gasteiger partial charge >= 0.3 is 0 Å². The zero-order valence-corrected chi connectivity index (χ0v) is 5.38. The van der Waals surface area contributed by atoms with Gasteiger partial charge in [0.2, 0.25) is 6.21 Å². The normalized spacial score (nSPS) is 14.9. The Balaban J connectivity index is 0.000000640. The average Bonchev–Trinajstić information content (AvgIpc) is 1.94. The van der Waals surface area contributed by atoms with Crippen molar-refractivity contribution in [3.63, 3.8) is 0 Å². The molecule has 0 saturated carbocycles. The van der Waals surface area contributed by atoms with Crippen LogP contribution in [0.4, 0.5) is 0 Å². The lowest BCUT2D eigenvalue weighted by Gasteiger charge is -1.92. The number of rotatable bonds is 0. The van der Waals surface area contributed by atoms with Crippen molar-refractivity contribution in [2.45, 2.75) is 0 Å². The summed E-state index contributed by atoms with van der Waals surface area (Å²) < 4.78 is 0. The van der Waals surface area contributed by atoms with E-state index in [-0.39, 0.29) is 12.4 Å². The molecule has 4 heteroatoms. The molecule has 0 amide bonds. The fourth-order valence-electron chi connectivity index (χ4n) is 0.360. The van der Waals surface area contributed by atoms with E-state index in [4.69, 9.17) is 0 Å². The third-order valence-corrected chi connectivity index (χ3v) is 0.673. The van der Waals surface area contributed by atoms with E-state index in [1.807, 2.05) is 0 Å². The van der Waals surface area contributed by atoms with Crippen LogP contribution in [-0.4, -0.2) is 11.1 Å². The fraction of sp³-hybridized carbons (Fsp3) is 0. The molecule has 0 spiro atoms. The summed E-state index contributed by atoms with van der Waals surface area (Å²) in [6.07, 6.45) is 7.52. The van der Waals surface area contributed by atoms with Crippen LogP contribution in [-0.2, 0) is 4.84 Å². The Kier molecular flexibility index (Phi) is 3.55. The van der Waals surface area contributed by atoms with E-state index >= 15 is 0 Å². The van der Waals surface area contributed by atoms with Gasteiger partial charge < -0.3 is 4.84 Å². The van der Waals surface area contributed by atoms with Crippen LogP contribution in [0.15, 0.2) is 24.5 Å². The molecule has 0 N–H and O–H groups in total. The number of hydrogen-bond acceptors (Lipinski definition) is 2. The highest BCUT2D eigenvalue weighted by Crippen LogP contribution is 1.84. The highest BCUT2D eigenvalue weighted by atomic mass is 35.5. The zero-order chi connectivity index (χ0) is 5.82. The fourth-order valence-corrected chi connectivity index (χ4v) is 0.360. The van der Waals surface area contributed by atoms with Gasteiger partial charge in [-0.25, -0.2) is 0 Å². The van der Waals surface area contributed by atoms with E-state index in [0.717, 1.165) is 0 Å². The summed E-state index contributed by atoms with van der Waals surface area (Å²) in [5.41, 5.74) is 0. The van der Waals surface area contributed by atoms with Gasteiger partial charge in [0.1, 0.15) is 0 Å². The lowest BCUT2D eigenvalue weighted by atomic mass is 10.5.